The maximum atomic E-state index is 12.2. The van der Waals surface area contributed by atoms with Gasteiger partial charge in [0.2, 0.25) is 15.9 Å². The van der Waals surface area contributed by atoms with Gasteiger partial charge in [0.25, 0.3) is 0 Å². The fraction of sp³-hybridized carbons (Fsp3) is 0.846. The number of sulfonamides is 1. The van der Waals surface area contributed by atoms with Crippen LogP contribution in [0.4, 0.5) is 0 Å². The number of hydrogen-bond donors (Lipinski definition) is 1. The van der Waals surface area contributed by atoms with Crippen LogP contribution in [0.15, 0.2) is 0 Å². The van der Waals surface area contributed by atoms with Gasteiger partial charge in [-0.3, -0.25) is 4.79 Å². The van der Waals surface area contributed by atoms with Crippen LogP contribution >= 0.6 is 0 Å². The molecule has 10 heteroatoms. The third-order valence-electron chi connectivity index (χ3n) is 4.26. The Hall–Kier alpha value is -1.55. The SMILES string of the molecule is Cc1nnnn1CCC(=O)N[C@H]1CN(S(C)(=O)=O)C[C@@H]1C(C)C. The minimum atomic E-state index is -3.24. The molecule has 0 saturated carbocycles. The lowest BCUT2D eigenvalue weighted by molar-refractivity contribution is -0.122. The zero-order valence-electron chi connectivity index (χ0n) is 13.9. The third kappa shape index (κ3) is 4.47. The maximum absolute atomic E-state index is 12.2. The number of amides is 1. The van der Waals surface area contributed by atoms with Gasteiger partial charge in [-0.1, -0.05) is 13.8 Å². The Kier molecular flexibility index (Phi) is 5.35. The van der Waals surface area contributed by atoms with Gasteiger partial charge in [-0.05, 0) is 29.2 Å². The Morgan fingerprint density at radius 1 is 1.39 bits per heavy atom. The van der Waals surface area contributed by atoms with Gasteiger partial charge in [-0.25, -0.2) is 13.1 Å². The van der Waals surface area contributed by atoms with Crippen molar-refractivity contribution in [2.24, 2.45) is 11.8 Å². The normalized spacial score (nSPS) is 22.7. The first-order valence-electron chi connectivity index (χ1n) is 7.65. The van der Waals surface area contributed by atoms with Crippen molar-refractivity contribution < 1.29 is 13.2 Å². The first kappa shape index (κ1) is 17.8. The van der Waals surface area contributed by atoms with Crippen LogP contribution in [0.25, 0.3) is 0 Å². The van der Waals surface area contributed by atoms with Crippen molar-refractivity contribution >= 4 is 15.9 Å². The summed E-state index contributed by atoms with van der Waals surface area (Å²) in [6.07, 6.45) is 1.46. The number of carbonyl (C=O) groups excluding carboxylic acids is 1. The summed E-state index contributed by atoms with van der Waals surface area (Å²) < 4.78 is 26.5. The van der Waals surface area contributed by atoms with E-state index in [9.17, 15) is 13.2 Å². The number of nitrogens with zero attached hydrogens (tertiary/aromatic N) is 5. The molecule has 1 saturated heterocycles. The van der Waals surface area contributed by atoms with Crippen molar-refractivity contribution in [1.82, 2.24) is 29.8 Å². The first-order valence-corrected chi connectivity index (χ1v) is 9.50. The summed E-state index contributed by atoms with van der Waals surface area (Å²) in [5, 5.41) is 14.1. The summed E-state index contributed by atoms with van der Waals surface area (Å²) in [5.41, 5.74) is 0. The Morgan fingerprint density at radius 2 is 2.09 bits per heavy atom. The minimum absolute atomic E-state index is 0.114. The molecule has 1 aromatic rings. The van der Waals surface area contributed by atoms with Crippen LogP contribution in [0.5, 0.6) is 0 Å². The predicted molar refractivity (Wildman–Crippen MR) is 83.8 cm³/mol. The van der Waals surface area contributed by atoms with Gasteiger partial charge in [-0.2, -0.15) is 4.31 Å². The summed E-state index contributed by atoms with van der Waals surface area (Å²) in [4.78, 5) is 12.2. The Labute approximate surface area is 136 Å². The average molecular weight is 344 g/mol. The molecule has 0 aromatic carbocycles. The Morgan fingerprint density at radius 3 is 2.61 bits per heavy atom. The highest BCUT2D eigenvalue weighted by Gasteiger charge is 2.39. The molecule has 2 atom stereocenters. The summed E-state index contributed by atoms with van der Waals surface area (Å²) in [7, 11) is -3.24. The van der Waals surface area contributed by atoms with Crippen LogP contribution in [0.1, 0.15) is 26.1 Å². The van der Waals surface area contributed by atoms with Crippen LogP contribution in [0.3, 0.4) is 0 Å². The molecular weight excluding hydrogens is 320 g/mol. The van der Waals surface area contributed by atoms with E-state index in [0.717, 1.165) is 0 Å². The second-order valence-corrected chi connectivity index (χ2v) is 8.34. The van der Waals surface area contributed by atoms with Gasteiger partial charge in [-0.15, -0.1) is 5.10 Å². The van der Waals surface area contributed by atoms with E-state index in [1.165, 1.54) is 10.6 Å². The molecule has 130 valence electrons. The van der Waals surface area contributed by atoms with Crippen molar-refractivity contribution in [3.63, 3.8) is 0 Å². The molecule has 1 aliphatic heterocycles. The van der Waals surface area contributed by atoms with Crippen molar-refractivity contribution in [2.75, 3.05) is 19.3 Å². The van der Waals surface area contributed by atoms with Crippen molar-refractivity contribution in [3.8, 4) is 0 Å². The highest BCUT2D eigenvalue weighted by Crippen LogP contribution is 2.26. The molecule has 1 aliphatic rings. The number of aryl methyl sites for hydroxylation is 2. The molecule has 1 aromatic heterocycles. The van der Waals surface area contributed by atoms with Crippen LogP contribution in [-0.4, -0.2) is 64.2 Å². The van der Waals surface area contributed by atoms with Crippen molar-refractivity contribution in [2.45, 2.75) is 39.8 Å². The smallest absolute Gasteiger partial charge is 0.222 e. The molecule has 1 fully saturated rings. The molecule has 2 heterocycles. The fourth-order valence-electron chi connectivity index (χ4n) is 2.83. The van der Waals surface area contributed by atoms with E-state index >= 15 is 0 Å². The van der Waals surface area contributed by atoms with Crippen LogP contribution in [0.2, 0.25) is 0 Å². The van der Waals surface area contributed by atoms with E-state index < -0.39 is 10.0 Å². The van der Waals surface area contributed by atoms with Gasteiger partial charge in [0.05, 0.1) is 12.8 Å². The molecule has 2 rings (SSSR count). The molecule has 9 nitrogen and oxygen atoms in total. The Bertz CT molecular complexity index is 656. The van der Waals surface area contributed by atoms with E-state index in [-0.39, 0.29) is 30.2 Å². The number of nitrogens with one attached hydrogen (secondary N) is 1. The van der Waals surface area contributed by atoms with Gasteiger partial charge in [0.1, 0.15) is 5.82 Å². The van der Waals surface area contributed by atoms with Crippen molar-refractivity contribution in [1.29, 1.82) is 0 Å². The van der Waals surface area contributed by atoms with E-state index in [2.05, 4.69) is 20.8 Å². The molecule has 23 heavy (non-hydrogen) atoms. The number of tetrazole rings is 1. The molecular formula is C13H24N6O3S. The molecule has 0 unspecified atom stereocenters. The Balaban J connectivity index is 1.94. The second kappa shape index (κ2) is 6.91. The predicted octanol–water partition coefficient (Wildman–Crippen LogP) is -0.596. The first-order chi connectivity index (χ1) is 10.7. The fourth-order valence-corrected chi connectivity index (χ4v) is 3.71. The van der Waals surface area contributed by atoms with Crippen LogP contribution in [0, 0.1) is 18.8 Å². The van der Waals surface area contributed by atoms with E-state index in [4.69, 9.17) is 0 Å². The average Bonchev–Trinajstić information content (AvgIpc) is 3.02. The van der Waals surface area contributed by atoms with Gasteiger partial charge >= 0.3 is 0 Å². The molecule has 0 bridgehead atoms. The molecule has 0 spiro atoms. The number of carbonyl (C=O) groups is 1. The van der Waals surface area contributed by atoms with E-state index in [1.807, 2.05) is 13.8 Å². The van der Waals surface area contributed by atoms with Gasteiger partial charge < -0.3 is 5.32 Å². The summed E-state index contributed by atoms with van der Waals surface area (Å²) in [6, 6.07) is -0.160. The molecule has 0 radical (unpaired) electrons. The zero-order chi connectivity index (χ0) is 17.2. The lowest BCUT2D eigenvalue weighted by Gasteiger charge is -2.22. The second-order valence-electron chi connectivity index (χ2n) is 6.36. The monoisotopic (exact) mass is 344 g/mol. The van der Waals surface area contributed by atoms with Crippen LogP contribution in [-0.2, 0) is 21.4 Å². The molecule has 0 aliphatic carbocycles. The topological polar surface area (TPSA) is 110 Å². The number of aromatic nitrogens is 4. The molecule has 1 amide bonds. The summed E-state index contributed by atoms with van der Waals surface area (Å²) in [5.74, 6) is 0.935. The standard InChI is InChI=1S/C13H24N6O3S/c1-9(2)11-7-18(23(4,21)22)8-12(11)14-13(20)5-6-19-10(3)15-16-17-19/h9,11-12H,5-8H2,1-4H3,(H,14,20)/t11-,12+/m1/s1. The lowest BCUT2D eigenvalue weighted by atomic mass is 9.91. The summed E-state index contributed by atoms with van der Waals surface area (Å²) in [6.45, 7) is 7.04. The highest BCUT2D eigenvalue weighted by atomic mass is 32.2. The van der Waals surface area contributed by atoms with E-state index in [1.54, 1.807) is 11.6 Å². The largest absolute Gasteiger partial charge is 0.352 e. The number of rotatable bonds is 6. The molecule has 1 N–H and O–H groups in total. The van der Waals surface area contributed by atoms with Crippen molar-refractivity contribution in [3.05, 3.63) is 5.82 Å². The third-order valence-corrected chi connectivity index (χ3v) is 5.50. The number of hydrogen-bond acceptors (Lipinski definition) is 6. The summed E-state index contributed by atoms with van der Waals surface area (Å²) >= 11 is 0. The zero-order valence-corrected chi connectivity index (χ0v) is 14.7. The van der Waals surface area contributed by atoms with Crippen LogP contribution < -0.4 is 5.32 Å². The van der Waals surface area contributed by atoms with Gasteiger partial charge in [0, 0.05) is 25.6 Å². The van der Waals surface area contributed by atoms with E-state index in [0.29, 0.717) is 25.5 Å². The minimum Gasteiger partial charge on any atom is -0.352 e. The maximum Gasteiger partial charge on any atom is 0.222 e. The van der Waals surface area contributed by atoms with Gasteiger partial charge in [0.15, 0.2) is 0 Å². The quantitative estimate of drug-likeness (QED) is 0.738. The highest BCUT2D eigenvalue weighted by molar-refractivity contribution is 7.88. The lowest BCUT2D eigenvalue weighted by Crippen LogP contribution is -2.42.